The molecule has 5 rings (SSSR count). The molecular formula is C27H27N3O3. The van der Waals surface area contributed by atoms with Crippen LogP contribution in [-0.4, -0.2) is 36.7 Å². The molecule has 1 saturated heterocycles. The Hall–Kier alpha value is -3.80. The van der Waals surface area contributed by atoms with Gasteiger partial charge in [-0.15, -0.1) is 0 Å². The summed E-state index contributed by atoms with van der Waals surface area (Å²) in [5.74, 6) is 0.820. The average Bonchev–Trinajstić information content (AvgIpc) is 2.87. The lowest BCUT2D eigenvalue weighted by Crippen LogP contribution is -2.45. The number of hydrogen-bond acceptors (Lipinski definition) is 4. The molecule has 0 aliphatic carbocycles. The summed E-state index contributed by atoms with van der Waals surface area (Å²) in [4.78, 5) is 28.3. The molecule has 6 nitrogen and oxygen atoms in total. The van der Waals surface area contributed by atoms with Gasteiger partial charge in [0.05, 0.1) is 18.1 Å². The van der Waals surface area contributed by atoms with Gasteiger partial charge in [0.25, 0.3) is 0 Å². The van der Waals surface area contributed by atoms with E-state index in [1.165, 1.54) is 5.69 Å². The first kappa shape index (κ1) is 21.1. The van der Waals surface area contributed by atoms with Crippen molar-refractivity contribution < 1.29 is 9.53 Å². The first-order valence-electron chi connectivity index (χ1n) is 11.3. The first-order chi connectivity index (χ1) is 16.1. The van der Waals surface area contributed by atoms with Gasteiger partial charge >= 0.3 is 0 Å². The number of pyridine rings is 1. The monoisotopic (exact) mass is 441 g/mol. The minimum Gasteiger partial charge on any atom is -0.497 e. The summed E-state index contributed by atoms with van der Waals surface area (Å²) in [6.45, 7) is 1.96. The summed E-state index contributed by atoms with van der Waals surface area (Å²) in [6, 6.07) is 23.2. The maximum atomic E-state index is 13.0. The Bertz CT molecular complexity index is 1290. The normalized spacial score (nSPS) is 14.5. The van der Waals surface area contributed by atoms with Crippen molar-refractivity contribution in [1.29, 1.82) is 0 Å². The zero-order chi connectivity index (χ0) is 22.8. The van der Waals surface area contributed by atoms with Gasteiger partial charge in [-0.1, -0.05) is 24.3 Å². The van der Waals surface area contributed by atoms with Crippen LogP contribution in [0.4, 0.5) is 5.69 Å². The van der Waals surface area contributed by atoms with Crippen LogP contribution in [0.2, 0.25) is 0 Å². The number of hydrogen-bond donors (Lipinski definition) is 1. The summed E-state index contributed by atoms with van der Waals surface area (Å²) in [5, 5.41) is 4.49. The molecule has 4 aromatic rings. The van der Waals surface area contributed by atoms with Crippen LogP contribution in [0.5, 0.6) is 5.75 Å². The van der Waals surface area contributed by atoms with Crippen LogP contribution >= 0.6 is 0 Å². The smallest absolute Gasteiger partial charge is 0.240 e. The quantitative estimate of drug-likeness (QED) is 0.477. The number of benzene rings is 3. The summed E-state index contributed by atoms with van der Waals surface area (Å²) in [5.41, 5.74) is 2.74. The zero-order valence-electron chi connectivity index (χ0n) is 18.7. The third kappa shape index (κ3) is 4.16. The van der Waals surface area contributed by atoms with Crippen LogP contribution in [0.25, 0.3) is 21.8 Å². The molecular weight excluding hydrogens is 414 g/mol. The van der Waals surface area contributed by atoms with Crippen molar-refractivity contribution in [1.82, 2.24) is 9.88 Å². The molecule has 0 spiro atoms. The number of piperidine rings is 1. The van der Waals surface area contributed by atoms with Crippen molar-refractivity contribution in [2.24, 2.45) is 0 Å². The van der Waals surface area contributed by atoms with E-state index in [0.717, 1.165) is 42.7 Å². The van der Waals surface area contributed by atoms with Crippen molar-refractivity contribution in [3.63, 3.8) is 0 Å². The second-order valence-electron chi connectivity index (χ2n) is 8.48. The fourth-order valence-electron chi connectivity index (χ4n) is 4.74. The summed E-state index contributed by atoms with van der Waals surface area (Å²) < 4.78 is 7.19. The van der Waals surface area contributed by atoms with Gasteiger partial charge in [0.1, 0.15) is 12.3 Å². The van der Waals surface area contributed by atoms with Gasteiger partial charge in [-0.3, -0.25) is 9.59 Å². The Morgan fingerprint density at radius 2 is 1.48 bits per heavy atom. The Kier molecular flexibility index (Phi) is 5.73. The topological polar surface area (TPSA) is 63.6 Å². The molecule has 0 radical (unpaired) electrons. The first-order valence-corrected chi connectivity index (χ1v) is 11.3. The molecule has 1 aliphatic heterocycles. The van der Waals surface area contributed by atoms with Crippen LogP contribution in [0.3, 0.4) is 0 Å². The van der Waals surface area contributed by atoms with Crippen LogP contribution in [-0.2, 0) is 11.3 Å². The predicted octanol–water partition coefficient (Wildman–Crippen LogP) is 3.95. The number of anilines is 1. The third-order valence-electron chi connectivity index (χ3n) is 6.48. The Balaban J connectivity index is 1.30. The van der Waals surface area contributed by atoms with E-state index in [1.54, 1.807) is 7.11 Å². The number of rotatable bonds is 5. The van der Waals surface area contributed by atoms with Gasteiger partial charge in [0.15, 0.2) is 5.43 Å². The number of amides is 1. The van der Waals surface area contributed by atoms with Gasteiger partial charge in [-0.2, -0.15) is 0 Å². The van der Waals surface area contributed by atoms with Crippen molar-refractivity contribution in [2.45, 2.75) is 25.4 Å². The second kappa shape index (κ2) is 8.98. The minimum absolute atomic E-state index is 0.00348. The number of methoxy groups -OCH3 is 1. The summed E-state index contributed by atoms with van der Waals surface area (Å²) in [6.07, 6.45) is 1.78. The second-order valence-corrected chi connectivity index (χ2v) is 8.48. The van der Waals surface area contributed by atoms with E-state index >= 15 is 0 Å². The van der Waals surface area contributed by atoms with Crippen LogP contribution in [0.1, 0.15) is 12.8 Å². The van der Waals surface area contributed by atoms with Crippen molar-refractivity contribution in [3.05, 3.63) is 83.0 Å². The molecule has 3 aromatic carbocycles. The number of aromatic nitrogens is 1. The Morgan fingerprint density at radius 1 is 0.909 bits per heavy atom. The lowest BCUT2D eigenvalue weighted by atomic mass is 10.0. The SMILES string of the molecule is COc1ccc(N2CCC(NC(=O)Cn3c4ccccc4c(=O)c4ccccc43)CC2)cc1. The minimum atomic E-state index is -0.0307. The maximum absolute atomic E-state index is 13.0. The Labute approximate surface area is 192 Å². The standard InChI is InChI=1S/C27H27N3O3/c1-33-21-12-10-20(11-13-21)29-16-14-19(15-17-29)28-26(31)18-30-24-8-4-2-6-22(24)27(32)23-7-3-5-9-25(23)30/h2-13,19H,14-18H2,1H3,(H,28,31). The number of carbonyl (C=O) groups excluding carboxylic acids is 1. The van der Waals surface area contributed by atoms with E-state index < -0.39 is 0 Å². The fourth-order valence-corrected chi connectivity index (χ4v) is 4.74. The van der Waals surface area contributed by atoms with E-state index in [2.05, 4.69) is 22.3 Å². The Morgan fingerprint density at radius 3 is 2.06 bits per heavy atom. The molecule has 0 unspecified atom stereocenters. The molecule has 1 fully saturated rings. The van der Waals surface area contributed by atoms with E-state index in [4.69, 9.17) is 4.74 Å². The highest BCUT2D eigenvalue weighted by Crippen LogP contribution is 2.23. The highest BCUT2D eigenvalue weighted by Gasteiger charge is 2.22. The number of fused-ring (bicyclic) bond motifs is 2. The molecule has 168 valence electrons. The zero-order valence-corrected chi connectivity index (χ0v) is 18.7. The van der Waals surface area contributed by atoms with E-state index in [0.29, 0.717) is 10.8 Å². The molecule has 1 N–H and O–H groups in total. The van der Waals surface area contributed by atoms with Gasteiger partial charge in [-0.05, 0) is 61.4 Å². The van der Waals surface area contributed by atoms with Gasteiger partial charge in [0, 0.05) is 35.6 Å². The number of ether oxygens (including phenoxy) is 1. The summed E-state index contributed by atoms with van der Waals surface area (Å²) in [7, 11) is 1.67. The van der Waals surface area contributed by atoms with E-state index in [9.17, 15) is 9.59 Å². The van der Waals surface area contributed by atoms with E-state index in [-0.39, 0.29) is 23.9 Å². The molecule has 0 saturated carbocycles. The van der Waals surface area contributed by atoms with Crippen LogP contribution in [0, 0.1) is 0 Å². The molecule has 2 heterocycles. The predicted molar refractivity (Wildman–Crippen MR) is 132 cm³/mol. The summed E-state index contributed by atoms with van der Waals surface area (Å²) >= 11 is 0. The van der Waals surface area contributed by atoms with Gasteiger partial charge in [-0.25, -0.2) is 0 Å². The molecule has 33 heavy (non-hydrogen) atoms. The van der Waals surface area contributed by atoms with Crippen LogP contribution in [0.15, 0.2) is 77.6 Å². The molecule has 1 aliphatic rings. The lowest BCUT2D eigenvalue weighted by Gasteiger charge is -2.34. The fraction of sp³-hybridized carbons (Fsp3) is 0.259. The number of nitrogens with one attached hydrogen (secondary N) is 1. The largest absolute Gasteiger partial charge is 0.497 e. The van der Waals surface area contributed by atoms with Gasteiger partial charge < -0.3 is 19.5 Å². The van der Waals surface area contributed by atoms with Crippen LogP contribution < -0.4 is 20.4 Å². The number of carbonyl (C=O) groups is 1. The highest BCUT2D eigenvalue weighted by molar-refractivity contribution is 5.94. The van der Waals surface area contributed by atoms with Crippen molar-refractivity contribution in [3.8, 4) is 5.75 Å². The van der Waals surface area contributed by atoms with Crippen molar-refractivity contribution >= 4 is 33.4 Å². The highest BCUT2D eigenvalue weighted by atomic mass is 16.5. The number of nitrogens with zero attached hydrogens (tertiary/aromatic N) is 2. The molecule has 1 amide bonds. The number of para-hydroxylation sites is 2. The average molecular weight is 442 g/mol. The van der Waals surface area contributed by atoms with Crippen molar-refractivity contribution in [2.75, 3.05) is 25.1 Å². The molecule has 0 atom stereocenters. The molecule has 0 bridgehead atoms. The third-order valence-corrected chi connectivity index (χ3v) is 6.48. The van der Waals surface area contributed by atoms with Gasteiger partial charge in [0.2, 0.25) is 5.91 Å². The molecule has 1 aromatic heterocycles. The maximum Gasteiger partial charge on any atom is 0.240 e. The van der Waals surface area contributed by atoms with E-state index in [1.807, 2.05) is 65.2 Å². The lowest BCUT2D eigenvalue weighted by molar-refractivity contribution is -0.122. The molecule has 6 heteroatoms.